The highest BCUT2D eigenvalue weighted by Crippen LogP contribution is 2.32. The number of halogens is 2. The zero-order chi connectivity index (χ0) is 15.9. The Balaban J connectivity index is 0.00000192. The van der Waals surface area contributed by atoms with Crippen molar-refractivity contribution < 1.29 is 4.39 Å². The fraction of sp³-hybridized carbons (Fsp3) is 0.267. The van der Waals surface area contributed by atoms with E-state index in [0.29, 0.717) is 26.5 Å². The second-order valence-corrected chi connectivity index (χ2v) is 6.45. The second kappa shape index (κ2) is 6.74. The predicted octanol–water partition coefficient (Wildman–Crippen LogP) is 3.26. The molecule has 122 valence electrons. The molecule has 0 bridgehead atoms. The smallest absolute Gasteiger partial charge is 0.268 e. The third-order valence-corrected chi connectivity index (χ3v) is 4.63. The lowest BCUT2D eigenvalue weighted by molar-refractivity contribution is 0.491. The maximum Gasteiger partial charge on any atom is 0.268 e. The minimum atomic E-state index is -0.426. The molecule has 0 spiro atoms. The van der Waals surface area contributed by atoms with Gasteiger partial charge in [0.1, 0.15) is 16.3 Å². The van der Waals surface area contributed by atoms with Crippen molar-refractivity contribution in [2.24, 2.45) is 11.7 Å². The standard InChI is InChI=1S/C15H15FN4OS.ClH/c1-7(2)12(17)14-19-10-5-11(22-13(10)15(21)20-14)8-3-4-18-6-9(8)16;/h3-7,12H,17H2,1-2H3,(H,19,20,21);1H. The maximum atomic E-state index is 13.8. The third kappa shape index (κ3) is 3.26. The lowest BCUT2D eigenvalue weighted by Crippen LogP contribution is -2.23. The van der Waals surface area contributed by atoms with Crippen molar-refractivity contribution in [1.82, 2.24) is 15.0 Å². The minimum Gasteiger partial charge on any atom is -0.321 e. The molecule has 3 heterocycles. The first-order valence-electron chi connectivity index (χ1n) is 6.86. The minimum absolute atomic E-state index is 0. The topological polar surface area (TPSA) is 84.7 Å². The lowest BCUT2D eigenvalue weighted by atomic mass is 10.1. The number of fused-ring (bicyclic) bond motifs is 1. The monoisotopic (exact) mass is 354 g/mol. The Kier molecular flexibility index (Phi) is 5.13. The predicted molar refractivity (Wildman–Crippen MR) is 92.4 cm³/mol. The van der Waals surface area contributed by atoms with Gasteiger partial charge in [-0.25, -0.2) is 9.37 Å². The van der Waals surface area contributed by atoms with Gasteiger partial charge in [0.05, 0.1) is 17.8 Å². The van der Waals surface area contributed by atoms with Crippen molar-refractivity contribution in [1.29, 1.82) is 0 Å². The summed E-state index contributed by atoms with van der Waals surface area (Å²) in [7, 11) is 0. The number of aromatic amines is 1. The van der Waals surface area contributed by atoms with Crippen LogP contribution >= 0.6 is 23.7 Å². The molecular formula is C15H16ClFN4OS. The number of rotatable bonds is 3. The molecule has 23 heavy (non-hydrogen) atoms. The molecule has 0 aromatic carbocycles. The van der Waals surface area contributed by atoms with Crippen molar-refractivity contribution in [3.8, 4) is 10.4 Å². The summed E-state index contributed by atoms with van der Waals surface area (Å²) in [5.74, 6) is 0.174. The fourth-order valence-corrected chi connectivity index (χ4v) is 3.16. The van der Waals surface area contributed by atoms with E-state index in [2.05, 4.69) is 15.0 Å². The molecule has 0 aliphatic carbocycles. The highest BCUT2D eigenvalue weighted by atomic mass is 35.5. The molecule has 3 aromatic heterocycles. The number of hydrogen-bond donors (Lipinski definition) is 2. The first-order chi connectivity index (χ1) is 10.5. The molecule has 0 radical (unpaired) electrons. The molecule has 1 unspecified atom stereocenters. The molecule has 1 atom stereocenters. The van der Waals surface area contributed by atoms with E-state index in [1.54, 1.807) is 12.1 Å². The first-order valence-corrected chi connectivity index (χ1v) is 7.68. The summed E-state index contributed by atoms with van der Waals surface area (Å²) >= 11 is 1.21. The molecule has 0 saturated heterocycles. The van der Waals surface area contributed by atoms with Gasteiger partial charge in [0.15, 0.2) is 0 Å². The maximum absolute atomic E-state index is 13.8. The number of nitrogens with one attached hydrogen (secondary N) is 1. The lowest BCUT2D eigenvalue weighted by Gasteiger charge is -2.13. The van der Waals surface area contributed by atoms with Crippen LogP contribution in [0.25, 0.3) is 20.7 Å². The summed E-state index contributed by atoms with van der Waals surface area (Å²) in [5, 5.41) is 0. The molecule has 0 amide bonds. The highest BCUT2D eigenvalue weighted by Gasteiger charge is 2.17. The summed E-state index contributed by atoms with van der Waals surface area (Å²) in [6.07, 6.45) is 2.66. The van der Waals surface area contributed by atoms with E-state index in [1.165, 1.54) is 17.5 Å². The summed E-state index contributed by atoms with van der Waals surface area (Å²) in [6.45, 7) is 3.92. The largest absolute Gasteiger partial charge is 0.321 e. The Bertz CT molecular complexity index is 893. The van der Waals surface area contributed by atoms with E-state index in [1.807, 2.05) is 13.8 Å². The molecule has 3 rings (SSSR count). The van der Waals surface area contributed by atoms with Crippen molar-refractivity contribution in [2.45, 2.75) is 19.9 Å². The van der Waals surface area contributed by atoms with Crippen molar-refractivity contribution in [2.75, 3.05) is 0 Å². The van der Waals surface area contributed by atoms with Crippen LogP contribution in [0.15, 0.2) is 29.3 Å². The van der Waals surface area contributed by atoms with Gasteiger partial charge in [-0.2, -0.15) is 0 Å². The second-order valence-electron chi connectivity index (χ2n) is 5.40. The number of H-pyrrole nitrogens is 1. The van der Waals surface area contributed by atoms with E-state index in [-0.39, 0.29) is 29.9 Å². The molecule has 8 heteroatoms. The van der Waals surface area contributed by atoms with Gasteiger partial charge < -0.3 is 10.7 Å². The zero-order valence-electron chi connectivity index (χ0n) is 12.5. The van der Waals surface area contributed by atoms with Crippen LogP contribution in [-0.4, -0.2) is 15.0 Å². The molecule has 0 saturated carbocycles. The average Bonchev–Trinajstić information content (AvgIpc) is 2.91. The van der Waals surface area contributed by atoms with Gasteiger partial charge in [-0.3, -0.25) is 9.78 Å². The SMILES string of the molecule is CC(C)C(N)c1nc2cc(-c3ccncc3F)sc2c(=O)[nH]1.Cl. The number of nitrogens with zero attached hydrogens (tertiary/aromatic N) is 2. The van der Waals surface area contributed by atoms with Gasteiger partial charge >= 0.3 is 0 Å². The summed E-state index contributed by atoms with van der Waals surface area (Å²) in [5.41, 5.74) is 6.74. The molecule has 3 aromatic rings. The van der Waals surface area contributed by atoms with Crippen LogP contribution in [0.4, 0.5) is 4.39 Å². The zero-order valence-corrected chi connectivity index (χ0v) is 14.2. The summed E-state index contributed by atoms with van der Waals surface area (Å²) < 4.78 is 14.3. The highest BCUT2D eigenvalue weighted by molar-refractivity contribution is 7.22. The quantitative estimate of drug-likeness (QED) is 0.756. The van der Waals surface area contributed by atoms with Gasteiger partial charge in [-0.15, -0.1) is 23.7 Å². The van der Waals surface area contributed by atoms with Crippen LogP contribution < -0.4 is 11.3 Å². The molecule has 3 N–H and O–H groups in total. The van der Waals surface area contributed by atoms with Crippen LogP contribution in [0.1, 0.15) is 25.7 Å². The van der Waals surface area contributed by atoms with Crippen LogP contribution in [0.5, 0.6) is 0 Å². The molecule has 0 aliphatic rings. The van der Waals surface area contributed by atoms with Crippen LogP contribution in [0.2, 0.25) is 0 Å². The van der Waals surface area contributed by atoms with Gasteiger partial charge in [0.2, 0.25) is 0 Å². The number of nitrogens with two attached hydrogens (primary N) is 1. The van der Waals surface area contributed by atoms with Gasteiger partial charge in [-0.1, -0.05) is 13.8 Å². The molecule has 0 aliphatic heterocycles. The summed E-state index contributed by atoms with van der Waals surface area (Å²) in [4.78, 5) is 23.7. The van der Waals surface area contributed by atoms with Gasteiger partial charge in [0, 0.05) is 16.6 Å². The number of pyridine rings is 1. The molecule has 0 fully saturated rings. The van der Waals surface area contributed by atoms with Crippen molar-refractivity contribution in [3.63, 3.8) is 0 Å². The Morgan fingerprint density at radius 1 is 1.39 bits per heavy atom. The van der Waals surface area contributed by atoms with Crippen LogP contribution in [0.3, 0.4) is 0 Å². The van der Waals surface area contributed by atoms with Gasteiger partial charge in [0.25, 0.3) is 5.56 Å². The molecular weight excluding hydrogens is 339 g/mol. The Morgan fingerprint density at radius 2 is 2.13 bits per heavy atom. The number of thiophene rings is 1. The molecule has 5 nitrogen and oxygen atoms in total. The normalized spacial score (nSPS) is 12.4. The Morgan fingerprint density at radius 3 is 2.78 bits per heavy atom. The Labute approximate surface area is 142 Å². The Hall–Kier alpha value is -1.83. The van der Waals surface area contributed by atoms with Crippen molar-refractivity contribution >= 4 is 34.0 Å². The van der Waals surface area contributed by atoms with E-state index in [9.17, 15) is 9.18 Å². The van der Waals surface area contributed by atoms with Crippen LogP contribution in [-0.2, 0) is 0 Å². The van der Waals surface area contributed by atoms with Crippen molar-refractivity contribution in [3.05, 3.63) is 46.5 Å². The first kappa shape index (κ1) is 17.5. The van der Waals surface area contributed by atoms with E-state index in [0.717, 1.165) is 6.20 Å². The number of hydrogen-bond acceptors (Lipinski definition) is 5. The van der Waals surface area contributed by atoms with E-state index >= 15 is 0 Å². The van der Waals surface area contributed by atoms with E-state index < -0.39 is 5.82 Å². The fourth-order valence-electron chi connectivity index (χ4n) is 2.14. The van der Waals surface area contributed by atoms with Gasteiger partial charge in [-0.05, 0) is 18.1 Å². The third-order valence-electron chi connectivity index (χ3n) is 3.47. The average molecular weight is 355 g/mol. The number of aromatic nitrogens is 3. The summed E-state index contributed by atoms with van der Waals surface area (Å²) in [6, 6.07) is 2.94. The van der Waals surface area contributed by atoms with Crippen LogP contribution in [0, 0.1) is 11.7 Å². The van der Waals surface area contributed by atoms with E-state index in [4.69, 9.17) is 5.73 Å².